The molecule has 4 aliphatic heterocycles. The van der Waals surface area contributed by atoms with Gasteiger partial charge in [0, 0.05) is 58.5 Å². The highest BCUT2D eigenvalue weighted by Gasteiger charge is 2.52. The first kappa shape index (κ1) is 57.9. The highest BCUT2D eigenvalue weighted by atomic mass is 16.8. The van der Waals surface area contributed by atoms with Crippen LogP contribution in [0.3, 0.4) is 0 Å². The normalized spacial score (nSPS) is 36.5. The summed E-state index contributed by atoms with van der Waals surface area (Å²) < 4.78 is 34.6. The SMILES string of the molecule is CC1(C)O[C@H]2[C@H](O)[C@H](O)CNC(=O)CCCCCNC(=O)[C@H]3OC(C)(C)O[C@H]3[C@H](O)[C@H](O)CNC(=O)CCCCCNC(=O)[C@H]3OC(C)(C)O[C@H]3[C@H](O)[C@H](O)CNC(=O)CCCCCNC(=O)[C@H]2O1. The van der Waals surface area contributed by atoms with E-state index >= 15 is 0 Å². The van der Waals surface area contributed by atoms with Crippen LogP contribution in [0, 0.1) is 0 Å². The van der Waals surface area contributed by atoms with Crippen molar-refractivity contribution in [3.05, 3.63) is 0 Å². The summed E-state index contributed by atoms with van der Waals surface area (Å²) in [5.74, 6) is -6.80. The van der Waals surface area contributed by atoms with Gasteiger partial charge in [-0.15, -0.1) is 0 Å². The van der Waals surface area contributed by atoms with Crippen LogP contribution in [-0.4, -0.2) is 196 Å². The molecule has 0 spiro atoms. The summed E-state index contributed by atoms with van der Waals surface area (Å²) in [6, 6.07) is 0. The van der Waals surface area contributed by atoms with E-state index in [4.69, 9.17) is 28.4 Å². The van der Waals surface area contributed by atoms with Crippen LogP contribution in [0.5, 0.6) is 0 Å². The second kappa shape index (κ2) is 26.7. The maximum atomic E-state index is 13.2. The Labute approximate surface area is 402 Å². The van der Waals surface area contributed by atoms with Gasteiger partial charge < -0.3 is 91.0 Å². The smallest absolute Gasteiger partial charge is 0.252 e. The summed E-state index contributed by atoms with van der Waals surface area (Å²) >= 11 is 0. The fourth-order valence-electron chi connectivity index (χ4n) is 8.36. The maximum Gasteiger partial charge on any atom is 0.252 e. The average molecular weight is 991 g/mol. The van der Waals surface area contributed by atoms with Crippen LogP contribution in [0.2, 0.25) is 0 Å². The number of aliphatic hydroxyl groups is 6. The van der Waals surface area contributed by atoms with Crippen LogP contribution in [0.15, 0.2) is 0 Å². The van der Waals surface area contributed by atoms with Crippen molar-refractivity contribution in [2.24, 2.45) is 0 Å². The van der Waals surface area contributed by atoms with Crippen LogP contribution in [0.25, 0.3) is 0 Å². The molecule has 4 rings (SSSR count). The minimum atomic E-state index is -1.62. The van der Waals surface area contributed by atoms with Crippen molar-refractivity contribution in [2.75, 3.05) is 39.3 Å². The number of amides is 6. The average Bonchev–Trinajstić information content (AvgIpc) is 3.93. The first-order chi connectivity index (χ1) is 32.4. The first-order valence-electron chi connectivity index (χ1n) is 24.2. The van der Waals surface area contributed by atoms with Crippen LogP contribution in [0.4, 0.5) is 0 Å². The molecule has 0 aromatic carbocycles. The molecule has 4 saturated heterocycles. The Balaban J connectivity index is 1.34. The van der Waals surface area contributed by atoms with Crippen molar-refractivity contribution in [3.8, 4) is 0 Å². The fraction of sp³-hybridized carbons (Fsp3) is 0.867. The van der Waals surface area contributed by atoms with Gasteiger partial charge in [0.05, 0.1) is 18.3 Å². The Morgan fingerprint density at radius 1 is 0.362 bits per heavy atom. The Morgan fingerprint density at radius 2 is 0.609 bits per heavy atom. The molecule has 12 atom stereocenters. The van der Waals surface area contributed by atoms with Crippen molar-refractivity contribution >= 4 is 35.4 Å². The summed E-state index contributed by atoms with van der Waals surface area (Å²) in [6.45, 7) is 8.89. The second-order valence-corrected chi connectivity index (χ2v) is 19.5. The van der Waals surface area contributed by atoms with Crippen LogP contribution in [-0.2, 0) is 57.2 Å². The van der Waals surface area contributed by atoms with E-state index in [1.807, 2.05) is 0 Å². The molecular weight excluding hydrogens is 913 g/mol. The van der Waals surface area contributed by atoms with Gasteiger partial charge in [-0.05, 0) is 80.1 Å². The molecule has 396 valence electrons. The fourth-order valence-corrected chi connectivity index (χ4v) is 8.36. The van der Waals surface area contributed by atoms with E-state index in [1.165, 1.54) is 0 Å². The summed E-state index contributed by atoms with van der Waals surface area (Å²) in [5.41, 5.74) is 0. The molecule has 0 unspecified atom stereocenters. The summed E-state index contributed by atoms with van der Waals surface area (Å²) in [4.78, 5) is 77.3. The minimum Gasteiger partial charge on any atom is -0.388 e. The van der Waals surface area contributed by atoms with Crippen molar-refractivity contribution in [3.63, 3.8) is 0 Å². The van der Waals surface area contributed by atoms with Crippen molar-refractivity contribution in [1.29, 1.82) is 0 Å². The van der Waals surface area contributed by atoms with Gasteiger partial charge in [-0.2, -0.15) is 0 Å². The number of fused-ring (bicyclic) bond motifs is 3. The molecule has 0 aromatic heterocycles. The molecule has 0 aliphatic carbocycles. The number of ether oxygens (including phenoxy) is 6. The molecular formula is C45H78N6O18. The molecule has 0 bridgehead atoms. The summed E-state index contributed by atoms with van der Waals surface area (Å²) in [7, 11) is 0. The largest absolute Gasteiger partial charge is 0.388 e. The Bertz CT molecular complexity index is 1520. The van der Waals surface area contributed by atoms with E-state index in [2.05, 4.69) is 31.9 Å². The number of β-amino-alcohol motifs (C(OH)–C–C–N with tert-alkyl or cyclic N) is 3. The van der Waals surface area contributed by atoms with Crippen molar-refractivity contribution in [1.82, 2.24) is 31.9 Å². The number of carbonyl (C=O) groups excluding carboxylic acids is 6. The zero-order chi connectivity index (χ0) is 51.1. The Morgan fingerprint density at radius 3 is 0.855 bits per heavy atom. The molecule has 69 heavy (non-hydrogen) atoms. The van der Waals surface area contributed by atoms with E-state index in [0.717, 1.165) is 0 Å². The number of hydrogen-bond donors (Lipinski definition) is 12. The number of nitrogens with one attached hydrogen (secondary N) is 6. The maximum absolute atomic E-state index is 13.2. The molecule has 0 aromatic rings. The Kier molecular flexibility index (Phi) is 22.4. The van der Waals surface area contributed by atoms with Gasteiger partial charge in [0.15, 0.2) is 35.7 Å². The lowest BCUT2D eigenvalue weighted by Crippen LogP contribution is -2.52. The van der Waals surface area contributed by atoms with Gasteiger partial charge in [-0.3, -0.25) is 28.8 Å². The Hall–Kier alpha value is -3.66. The molecule has 4 aliphatic rings. The van der Waals surface area contributed by atoms with Crippen LogP contribution in [0.1, 0.15) is 119 Å². The minimum absolute atomic E-state index is 0.0807. The van der Waals surface area contributed by atoms with Gasteiger partial charge in [0.2, 0.25) is 17.7 Å². The lowest BCUT2D eigenvalue weighted by molar-refractivity contribution is -0.164. The van der Waals surface area contributed by atoms with Crippen molar-refractivity contribution in [2.45, 2.75) is 209 Å². The molecule has 12 N–H and O–H groups in total. The van der Waals surface area contributed by atoms with Crippen LogP contribution >= 0.6 is 0 Å². The van der Waals surface area contributed by atoms with Crippen LogP contribution < -0.4 is 31.9 Å². The molecule has 24 nitrogen and oxygen atoms in total. The molecule has 24 heteroatoms. The van der Waals surface area contributed by atoms with E-state index < -0.39 is 126 Å². The highest BCUT2D eigenvalue weighted by Crippen LogP contribution is 2.33. The zero-order valence-corrected chi connectivity index (χ0v) is 40.7. The topological polar surface area (TPSA) is 351 Å². The van der Waals surface area contributed by atoms with E-state index in [-0.39, 0.29) is 58.5 Å². The zero-order valence-electron chi connectivity index (χ0n) is 40.7. The first-order valence-corrected chi connectivity index (χ1v) is 24.2. The number of aliphatic hydroxyl groups excluding tert-OH is 6. The molecule has 4 fully saturated rings. The number of hydrogen-bond acceptors (Lipinski definition) is 18. The number of carbonyl (C=O) groups is 6. The second-order valence-electron chi connectivity index (χ2n) is 19.5. The van der Waals surface area contributed by atoms with Gasteiger partial charge in [-0.1, -0.05) is 19.3 Å². The lowest BCUT2D eigenvalue weighted by Gasteiger charge is -2.26. The van der Waals surface area contributed by atoms with Gasteiger partial charge in [0.25, 0.3) is 17.7 Å². The molecule has 4 heterocycles. The third kappa shape index (κ3) is 18.5. The quantitative estimate of drug-likeness (QED) is 0.116. The van der Waals surface area contributed by atoms with Gasteiger partial charge in [-0.25, -0.2) is 0 Å². The van der Waals surface area contributed by atoms with E-state index in [1.54, 1.807) is 41.5 Å². The number of rotatable bonds is 0. The highest BCUT2D eigenvalue weighted by molar-refractivity contribution is 5.83. The predicted octanol–water partition coefficient (Wildman–Crippen LogP) is -2.90. The summed E-state index contributed by atoms with van der Waals surface area (Å²) in [6.07, 6.45) is -12.5. The molecule has 0 radical (unpaired) electrons. The monoisotopic (exact) mass is 991 g/mol. The third-order valence-corrected chi connectivity index (χ3v) is 12.0. The van der Waals surface area contributed by atoms with E-state index in [9.17, 15) is 59.4 Å². The predicted molar refractivity (Wildman–Crippen MR) is 241 cm³/mol. The van der Waals surface area contributed by atoms with Gasteiger partial charge in [0.1, 0.15) is 36.6 Å². The van der Waals surface area contributed by atoms with Gasteiger partial charge >= 0.3 is 0 Å². The van der Waals surface area contributed by atoms with Crippen molar-refractivity contribution < 1.29 is 87.8 Å². The molecule has 0 saturated carbocycles. The third-order valence-electron chi connectivity index (χ3n) is 12.0. The van der Waals surface area contributed by atoms with E-state index in [0.29, 0.717) is 57.8 Å². The molecule has 6 amide bonds. The standard InChI is InChI=1S/C45H78N6O18/c1-43(2)64-34-31(58)25(52)22-49-28(55)16-11-8-14-20-47-41(62)38-36(66-45(5,6)68-38)33(60)27(54)24-51-30(57)18-12-9-15-21-48-42(63)39-35(65-44(3,4)69-39)32(59)26(53)23-50-29(56)17-10-7-13-19-46-40(61)37(34)67-43/h25-27,31-39,52-54,58-60H,7-24H2,1-6H3,(H,46,61)(H,47,62)(H,48,63)(H,49,55)(H,50,56)(H,51,57)/t25-,26-,27-,31-,32-,33-,34+,35+,36+,37+,38+,39+/m1/s1. The lowest BCUT2D eigenvalue weighted by atomic mass is 10.0. The summed E-state index contributed by atoms with van der Waals surface area (Å²) in [5, 5.41) is 81.2.